The topological polar surface area (TPSA) is 68.2 Å². The Morgan fingerprint density at radius 3 is 2.72 bits per heavy atom. The van der Waals surface area contributed by atoms with Crippen LogP contribution in [0.3, 0.4) is 0 Å². The molecule has 36 heavy (non-hydrogen) atoms. The van der Waals surface area contributed by atoms with E-state index in [9.17, 15) is 9.18 Å². The van der Waals surface area contributed by atoms with E-state index in [0.717, 1.165) is 28.5 Å². The summed E-state index contributed by atoms with van der Waals surface area (Å²) in [4.78, 5) is 15.4. The molecule has 3 aromatic heterocycles. The van der Waals surface area contributed by atoms with Crippen LogP contribution in [0, 0.1) is 12.7 Å². The van der Waals surface area contributed by atoms with E-state index in [1.54, 1.807) is 23.3 Å². The summed E-state index contributed by atoms with van der Waals surface area (Å²) in [5.41, 5.74) is 4.18. The van der Waals surface area contributed by atoms with Gasteiger partial charge in [0, 0.05) is 11.8 Å². The molecule has 6 rings (SSSR count). The molecule has 1 N–H and O–H groups in total. The van der Waals surface area contributed by atoms with Crippen LogP contribution in [-0.2, 0) is 13.1 Å². The molecule has 1 aliphatic rings. The number of hydrogen-bond acceptors (Lipinski definition) is 3. The summed E-state index contributed by atoms with van der Waals surface area (Å²) in [6, 6.07) is 23.0. The van der Waals surface area contributed by atoms with Crippen molar-refractivity contribution in [1.82, 2.24) is 24.6 Å². The number of fused-ring (bicyclic) bond motifs is 3. The molecule has 7 nitrogen and oxygen atoms in total. The van der Waals surface area contributed by atoms with E-state index in [-0.39, 0.29) is 18.4 Å². The van der Waals surface area contributed by atoms with Gasteiger partial charge in [-0.05, 0) is 61.0 Å². The Bertz CT molecular complexity index is 1520. The summed E-state index contributed by atoms with van der Waals surface area (Å²) in [6.45, 7) is 2.48. The number of aryl methyl sites for hydroxylation is 1. The number of nitrogens with one attached hydrogen (secondary N) is 1. The third-order valence-corrected chi connectivity index (χ3v) is 6.51. The molecule has 0 saturated heterocycles. The molecular formula is C28H24FN5O2. The summed E-state index contributed by atoms with van der Waals surface area (Å²) in [7, 11) is 0. The summed E-state index contributed by atoms with van der Waals surface area (Å²) >= 11 is 0. The van der Waals surface area contributed by atoms with Gasteiger partial charge < -0.3 is 19.2 Å². The second-order valence-corrected chi connectivity index (χ2v) is 8.76. The van der Waals surface area contributed by atoms with Crippen LogP contribution in [-0.4, -0.2) is 25.3 Å². The van der Waals surface area contributed by atoms with Crippen LogP contribution in [0.5, 0.6) is 0 Å². The van der Waals surface area contributed by atoms with Gasteiger partial charge in [0.1, 0.15) is 17.4 Å². The van der Waals surface area contributed by atoms with Crippen LogP contribution in [0.25, 0.3) is 11.5 Å². The fourth-order valence-corrected chi connectivity index (χ4v) is 4.85. The zero-order chi connectivity index (χ0) is 24.6. The lowest BCUT2D eigenvalue weighted by Crippen LogP contribution is -2.41. The van der Waals surface area contributed by atoms with Crippen molar-refractivity contribution in [3.8, 4) is 11.5 Å². The first kappa shape index (κ1) is 21.9. The lowest BCUT2D eigenvalue weighted by molar-refractivity contribution is 0.179. The Hall–Kier alpha value is -4.59. The number of nitrogens with zero attached hydrogens (tertiary/aromatic N) is 4. The molecule has 0 radical (unpaired) electrons. The molecule has 2 amide bonds. The van der Waals surface area contributed by atoms with Gasteiger partial charge in [-0.15, -0.1) is 0 Å². The average Bonchev–Trinajstić information content (AvgIpc) is 3.63. The lowest BCUT2D eigenvalue weighted by Gasteiger charge is -2.31. The van der Waals surface area contributed by atoms with Crippen molar-refractivity contribution in [1.29, 1.82) is 0 Å². The molecule has 5 aromatic rings. The molecule has 4 heterocycles. The van der Waals surface area contributed by atoms with Gasteiger partial charge in [-0.3, -0.25) is 0 Å². The first-order valence-corrected chi connectivity index (χ1v) is 11.7. The Labute approximate surface area is 207 Å². The Balaban J connectivity index is 1.51. The largest absolute Gasteiger partial charge is 0.467 e. The molecule has 0 fully saturated rings. The number of amides is 2. The van der Waals surface area contributed by atoms with E-state index in [2.05, 4.69) is 9.88 Å². The van der Waals surface area contributed by atoms with Crippen molar-refractivity contribution in [3.63, 3.8) is 0 Å². The maximum atomic E-state index is 14.4. The van der Waals surface area contributed by atoms with Gasteiger partial charge in [-0.25, -0.2) is 13.9 Å². The SMILES string of the molecule is Cc1nn(-c2ccccc2)c2c1CN(C(=O)NCc1ccco1)C(c1cccc(F)c1)c1cccn1-2. The number of hydrogen-bond donors (Lipinski definition) is 1. The molecule has 2 aromatic carbocycles. The van der Waals surface area contributed by atoms with Crippen LogP contribution in [0.4, 0.5) is 9.18 Å². The maximum absolute atomic E-state index is 14.4. The standard InChI is InChI=1S/C28H24FN5O2/c1-19-24-18-33(28(35)30-17-23-12-7-15-36-23)26(20-8-5-9-21(29)16-20)25-13-6-14-32(25)27(24)34(31-19)22-10-3-2-4-11-22/h2-16,26H,17-18H2,1H3,(H,30,35). The summed E-state index contributed by atoms with van der Waals surface area (Å²) in [6.07, 6.45) is 3.54. The molecule has 1 atom stereocenters. The van der Waals surface area contributed by atoms with Gasteiger partial charge in [0.05, 0.1) is 42.5 Å². The van der Waals surface area contributed by atoms with Gasteiger partial charge in [0.15, 0.2) is 0 Å². The number of furan rings is 1. The number of rotatable bonds is 4. The molecule has 0 saturated carbocycles. The number of para-hydroxylation sites is 1. The lowest BCUT2D eigenvalue weighted by atomic mass is 10.0. The van der Waals surface area contributed by atoms with E-state index < -0.39 is 6.04 Å². The highest BCUT2D eigenvalue weighted by Crippen LogP contribution is 2.38. The molecule has 1 aliphatic heterocycles. The van der Waals surface area contributed by atoms with Crippen LogP contribution >= 0.6 is 0 Å². The van der Waals surface area contributed by atoms with Gasteiger partial charge >= 0.3 is 6.03 Å². The second-order valence-electron chi connectivity index (χ2n) is 8.76. The predicted octanol–water partition coefficient (Wildman–Crippen LogP) is 5.52. The van der Waals surface area contributed by atoms with E-state index >= 15 is 0 Å². The quantitative estimate of drug-likeness (QED) is 0.368. The maximum Gasteiger partial charge on any atom is 0.318 e. The zero-order valence-corrected chi connectivity index (χ0v) is 19.6. The highest BCUT2D eigenvalue weighted by atomic mass is 19.1. The fraction of sp³-hybridized carbons (Fsp3) is 0.143. The van der Waals surface area contributed by atoms with Gasteiger partial charge in [-0.2, -0.15) is 5.10 Å². The monoisotopic (exact) mass is 481 g/mol. The van der Waals surface area contributed by atoms with Crippen molar-refractivity contribution in [2.24, 2.45) is 0 Å². The van der Waals surface area contributed by atoms with Crippen molar-refractivity contribution in [3.05, 3.63) is 125 Å². The number of aromatic nitrogens is 3. The molecule has 0 bridgehead atoms. The predicted molar refractivity (Wildman–Crippen MR) is 132 cm³/mol. The molecule has 0 spiro atoms. The number of carbonyl (C=O) groups is 1. The number of benzene rings is 2. The van der Waals surface area contributed by atoms with Crippen LogP contribution in [0.2, 0.25) is 0 Å². The van der Waals surface area contributed by atoms with Gasteiger partial charge in [0.2, 0.25) is 0 Å². The molecule has 180 valence electrons. The normalized spacial score (nSPS) is 14.7. The average molecular weight is 482 g/mol. The first-order valence-electron chi connectivity index (χ1n) is 11.7. The van der Waals surface area contributed by atoms with Crippen molar-refractivity contribution in [2.45, 2.75) is 26.1 Å². The smallest absolute Gasteiger partial charge is 0.318 e. The van der Waals surface area contributed by atoms with Gasteiger partial charge in [0.25, 0.3) is 0 Å². The minimum Gasteiger partial charge on any atom is -0.467 e. The zero-order valence-electron chi connectivity index (χ0n) is 19.6. The van der Waals surface area contributed by atoms with E-state index in [0.29, 0.717) is 17.9 Å². The molecule has 1 unspecified atom stereocenters. The minimum atomic E-state index is -0.525. The van der Waals surface area contributed by atoms with Crippen molar-refractivity contribution >= 4 is 6.03 Å². The Kier molecular flexibility index (Phi) is 5.41. The van der Waals surface area contributed by atoms with Crippen LogP contribution in [0.15, 0.2) is 95.7 Å². The summed E-state index contributed by atoms with van der Waals surface area (Å²) < 4.78 is 23.7. The first-order chi connectivity index (χ1) is 17.6. The van der Waals surface area contributed by atoms with Crippen LogP contribution in [0.1, 0.15) is 34.3 Å². The minimum absolute atomic E-state index is 0.244. The van der Waals surface area contributed by atoms with Gasteiger partial charge in [-0.1, -0.05) is 30.3 Å². The number of halogens is 1. The second kappa shape index (κ2) is 8.88. The van der Waals surface area contributed by atoms with Crippen molar-refractivity contribution in [2.75, 3.05) is 0 Å². The summed E-state index contributed by atoms with van der Waals surface area (Å²) in [5.74, 6) is 1.16. The number of urea groups is 1. The molecular weight excluding hydrogens is 457 g/mol. The highest BCUT2D eigenvalue weighted by molar-refractivity contribution is 5.76. The Morgan fingerprint density at radius 2 is 1.94 bits per heavy atom. The van der Waals surface area contributed by atoms with E-state index in [1.165, 1.54) is 12.1 Å². The third kappa shape index (κ3) is 3.76. The summed E-state index contributed by atoms with van der Waals surface area (Å²) in [5, 5.41) is 7.81. The molecule has 0 aliphatic carbocycles. The Morgan fingerprint density at radius 1 is 1.08 bits per heavy atom. The van der Waals surface area contributed by atoms with E-state index in [4.69, 9.17) is 9.52 Å². The van der Waals surface area contributed by atoms with Crippen molar-refractivity contribution < 1.29 is 13.6 Å². The van der Waals surface area contributed by atoms with Crippen LogP contribution < -0.4 is 5.32 Å². The third-order valence-electron chi connectivity index (χ3n) is 6.51. The van der Waals surface area contributed by atoms with E-state index in [1.807, 2.05) is 72.4 Å². The highest BCUT2D eigenvalue weighted by Gasteiger charge is 2.36. The fourth-order valence-electron chi connectivity index (χ4n) is 4.85. The molecule has 8 heteroatoms. The number of carbonyl (C=O) groups excluding carboxylic acids is 1.